The quantitative estimate of drug-likeness (QED) is 0.640. The molecule has 6 heteroatoms. The van der Waals surface area contributed by atoms with Crippen LogP contribution in [0.4, 0.5) is 0 Å². The third kappa shape index (κ3) is 3.55. The van der Waals surface area contributed by atoms with Crippen molar-refractivity contribution in [2.45, 2.75) is 20.0 Å². The van der Waals surface area contributed by atoms with E-state index in [0.29, 0.717) is 19.7 Å². The summed E-state index contributed by atoms with van der Waals surface area (Å²) in [6.45, 7) is 3.84. The number of ether oxygens (including phenoxy) is 2. The molecular weight excluding hydrogens is 370 g/mol. The second-order valence-electron chi connectivity index (χ2n) is 5.29. The van der Waals surface area contributed by atoms with Gasteiger partial charge in [0.1, 0.15) is 5.82 Å². The number of imidazole rings is 1. The molecule has 126 valence electrons. The summed E-state index contributed by atoms with van der Waals surface area (Å²) in [5, 5.41) is 3.41. The fourth-order valence-corrected chi connectivity index (χ4v) is 3.06. The van der Waals surface area contributed by atoms with Crippen LogP contribution in [0.5, 0.6) is 11.5 Å². The monoisotopic (exact) mass is 389 g/mol. The summed E-state index contributed by atoms with van der Waals surface area (Å²) in [7, 11) is 1.65. The van der Waals surface area contributed by atoms with E-state index >= 15 is 0 Å². The number of fused-ring (bicyclic) bond motifs is 1. The Labute approximate surface area is 149 Å². The normalized spacial score (nSPS) is 11.0. The molecule has 0 saturated heterocycles. The molecule has 24 heavy (non-hydrogen) atoms. The highest BCUT2D eigenvalue weighted by atomic mass is 79.9. The van der Waals surface area contributed by atoms with E-state index in [1.54, 1.807) is 7.11 Å². The molecule has 3 rings (SSSR count). The molecule has 0 radical (unpaired) electrons. The van der Waals surface area contributed by atoms with Crippen molar-refractivity contribution in [2.24, 2.45) is 0 Å². The number of hydrogen-bond donors (Lipinski definition) is 2. The third-order valence-electron chi connectivity index (χ3n) is 3.71. The largest absolute Gasteiger partial charge is 0.493 e. The number of nitrogens with zero attached hydrogens (tertiary/aromatic N) is 1. The maximum atomic E-state index is 5.77. The maximum Gasteiger partial charge on any atom is 0.166 e. The van der Waals surface area contributed by atoms with Crippen LogP contribution in [0.3, 0.4) is 0 Å². The van der Waals surface area contributed by atoms with Crippen LogP contribution in [0.25, 0.3) is 11.0 Å². The van der Waals surface area contributed by atoms with Crippen molar-refractivity contribution >= 4 is 27.0 Å². The molecule has 0 fully saturated rings. The number of H-pyrrole nitrogens is 1. The molecule has 0 aliphatic heterocycles. The highest BCUT2D eigenvalue weighted by Gasteiger charge is 2.14. The van der Waals surface area contributed by atoms with Gasteiger partial charge in [0.05, 0.1) is 31.3 Å². The standard InChI is InChI=1S/C18H20BrN3O2/c1-3-24-18-12(13(19)8-9-16(18)23-2)10-20-11-17-21-14-6-4-5-7-15(14)22-17/h4-9,20H,3,10-11H2,1-2H3,(H,21,22). The molecule has 0 bridgehead atoms. The second kappa shape index (κ2) is 7.68. The Hall–Kier alpha value is -2.05. The summed E-state index contributed by atoms with van der Waals surface area (Å²) in [4.78, 5) is 7.89. The van der Waals surface area contributed by atoms with E-state index in [-0.39, 0.29) is 0 Å². The zero-order chi connectivity index (χ0) is 16.9. The Morgan fingerprint density at radius 1 is 1.17 bits per heavy atom. The maximum absolute atomic E-state index is 5.77. The lowest BCUT2D eigenvalue weighted by atomic mass is 10.2. The molecule has 0 spiro atoms. The van der Waals surface area contributed by atoms with Crippen LogP contribution in [0.2, 0.25) is 0 Å². The molecule has 5 nitrogen and oxygen atoms in total. The molecule has 1 aromatic heterocycles. The Bertz CT molecular complexity index is 799. The van der Waals surface area contributed by atoms with Crippen molar-refractivity contribution < 1.29 is 9.47 Å². The molecule has 0 saturated carbocycles. The van der Waals surface area contributed by atoms with Crippen LogP contribution in [0.15, 0.2) is 40.9 Å². The Morgan fingerprint density at radius 3 is 2.75 bits per heavy atom. The molecule has 0 amide bonds. The molecule has 0 unspecified atom stereocenters. The molecular formula is C18H20BrN3O2. The number of rotatable bonds is 7. The van der Waals surface area contributed by atoms with E-state index in [1.165, 1.54) is 0 Å². The number of para-hydroxylation sites is 2. The smallest absolute Gasteiger partial charge is 0.166 e. The van der Waals surface area contributed by atoms with E-state index in [0.717, 1.165) is 38.4 Å². The van der Waals surface area contributed by atoms with Gasteiger partial charge in [-0.15, -0.1) is 0 Å². The van der Waals surface area contributed by atoms with Gasteiger partial charge in [0.15, 0.2) is 11.5 Å². The average Bonchev–Trinajstić information content (AvgIpc) is 3.00. The van der Waals surface area contributed by atoms with E-state index < -0.39 is 0 Å². The lowest BCUT2D eigenvalue weighted by Crippen LogP contribution is -2.15. The van der Waals surface area contributed by atoms with Crippen molar-refractivity contribution in [3.8, 4) is 11.5 Å². The molecule has 2 N–H and O–H groups in total. The van der Waals surface area contributed by atoms with Crippen LogP contribution >= 0.6 is 15.9 Å². The van der Waals surface area contributed by atoms with Gasteiger partial charge in [-0.05, 0) is 31.2 Å². The molecule has 0 atom stereocenters. The fourth-order valence-electron chi connectivity index (χ4n) is 2.61. The first-order valence-electron chi connectivity index (χ1n) is 7.85. The Kier molecular flexibility index (Phi) is 5.37. The summed E-state index contributed by atoms with van der Waals surface area (Å²) in [5.41, 5.74) is 3.06. The Balaban J connectivity index is 1.74. The molecule has 0 aliphatic rings. The first kappa shape index (κ1) is 16.8. The van der Waals surface area contributed by atoms with Crippen LogP contribution < -0.4 is 14.8 Å². The van der Waals surface area contributed by atoms with Crippen LogP contribution in [0.1, 0.15) is 18.3 Å². The average molecular weight is 390 g/mol. The van der Waals surface area contributed by atoms with Crippen molar-refractivity contribution in [3.05, 3.63) is 52.3 Å². The highest BCUT2D eigenvalue weighted by molar-refractivity contribution is 9.10. The minimum absolute atomic E-state index is 0.587. The van der Waals surface area contributed by atoms with Crippen molar-refractivity contribution in [1.82, 2.24) is 15.3 Å². The van der Waals surface area contributed by atoms with E-state index in [9.17, 15) is 0 Å². The zero-order valence-electron chi connectivity index (χ0n) is 13.7. The summed E-state index contributed by atoms with van der Waals surface area (Å²) in [6.07, 6.45) is 0. The first-order valence-corrected chi connectivity index (χ1v) is 8.64. The predicted molar refractivity (Wildman–Crippen MR) is 98.5 cm³/mol. The fraction of sp³-hybridized carbons (Fsp3) is 0.278. The summed E-state index contributed by atoms with van der Waals surface area (Å²) >= 11 is 3.60. The summed E-state index contributed by atoms with van der Waals surface area (Å²) in [6, 6.07) is 11.9. The van der Waals surface area contributed by atoms with Crippen LogP contribution in [-0.4, -0.2) is 23.7 Å². The molecule has 0 aliphatic carbocycles. The van der Waals surface area contributed by atoms with Gasteiger partial charge in [0.2, 0.25) is 0 Å². The van der Waals surface area contributed by atoms with Gasteiger partial charge in [-0.2, -0.15) is 0 Å². The SMILES string of the molecule is CCOc1c(OC)ccc(Br)c1CNCc1nc2ccccc2[nH]1. The topological polar surface area (TPSA) is 59.2 Å². The molecule has 1 heterocycles. The van der Waals surface area contributed by atoms with Crippen LogP contribution in [0, 0.1) is 0 Å². The van der Waals surface area contributed by atoms with Crippen molar-refractivity contribution in [1.29, 1.82) is 0 Å². The lowest BCUT2D eigenvalue weighted by molar-refractivity contribution is 0.306. The first-order chi connectivity index (χ1) is 11.7. The van der Waals surface area contributed by atoms with Gasteiger partial charge >= 0.3 is 0 Å². The number of aromatic amines is 1. The van der Waals surface area contributed by atoms with Crippen molar-refractivity contribution in [3.63, 3.8) is 0 Å². The number of methoxy groups -OCH3 is 1. The minimum atomic E-state index is 0.587. The van der Waals surface area contributed by atoms with Gasteiger partial charge in [-0.25, -0.2) is 4.98 Å². The van der Waals surface area contributed by atoms with Gasteiger partial charge < -0.3 is 19.8 Å². The van der Waals surface area contributed by atoms with Gasteiger partial charge in [0.25, 0.3) is 0 Å². The predicted octanol–water partition coefficient (Wildman–Crippen LogP) is 4.02. The number of nitrogens with one attached hydrogen (secondary N) is 2. The number of halogens is 1. The summed E-state index contributed by atoms with van der Waals surface area (Å²) in [5.74, 6) is 2.42. The minimum Gasteiger partial charge on any atom is -0.493 e. The van der Waals surface area contributed by atoms with Gasteiger partial charge in [-0.3, -0.25) is 0 Å². The highest BCUT2D eigenvalue weighted by Crippen LogP contribution is 2.36. The van der Waals surface area contributed by atoms with E-state index in [1.807, 2.05) is 43.3 Å². The summed E-state index contributed by atoms with van der Waals surface area (Å²) < 4.78 is 12.2. The van der Waals surface area contributed by atoms with Gasteiger partial charge in [0, 0.05) is 16.6 Å². The zero-order valence-corrected chi connectivity index (χ0v) is 15.3. The number of hydrogen-bond acceptors (Lipinski definition) is 4. The number of benzene rings is 2. The molecule has 2 aromatic carbocycles. The van der Waals surface area contributed by atoms with E-state index in [4.69, 9.17) is 9.47 Å². The third-order valence-corrected chi connectivity index (χ3v) is 4.45. The van der Waals surface area contributed by atoms with Crippen molar-refractivity contribution in [2.75, 3.05) is 13.7 Å². The second-order valence-corrected chi connectivity index (χ2v) is 6.15. The lowest BCUT2D eigenvalue weighted by Gasteiger charge is -2.16. The Morgan fingerprint density at radius 2 is 2.00 bits per heavy atom. The number of aromatic nitrogens is 2. The van der Waals surface area contributed by atoms with E-state index in [2.05, 4.69) is 31.2 Å². The van der Waals surface area contributed by atoms with Crippen LogP contribution in [-0.2, 0) is 13.1 Å². The molecule has 3 aromatic rings. The van der Waals surface area contributed by atoms with Gasteiger partial charge in [-0.1, -0.05) is 28.1 Å².